The molecule has 0 fully saturated rings. The van der Waals surface area contributed by atoms with Gasteiger partial charge in [-0.05, 0) is 25.1 Å². The average Bonchev–Trinajstić information content (AvgIpc) is 2.96. The fraction of sp³-hybridized carbons (Fsp3) is 0.357. The molecule has 0 radical (unpaired) electrons. The minimum absolute atomic E-state index is 0.175. The molecule has 2 aromatic rings. The van der Waals surface area contributed by atoms with E-state index in [1.54, 1.807) is 6.20 Å². The van der Waals surface area contributed by atoms with Crippen molar-refractivity contribution < 1.29 is 9.47 Å². The lowest BCUT2D eigenvalue weighted by Crippen LogP contribution is -2.45. The van der Waals surface area contributed by atoms with Gasteiger partial charge in [0.25, 0.3) is 0 Å². The van der Waals surface area contributed by atoms with Crippen molar-refractivity contribution in [1.29, 1.82) is 0 Å². The van der Waals surface area contributed by atoms with Crippen molar-refractivity contribution in [3.8, 4) is 11.5 Å². The van der Waals surface area contributed by atoms with Crippen LogP contribution in [0.1, 0.15) is 18.7 Å². The Balaban J connectivity index is 1.85. The highest BCUT2D eigenvalue weighted by Gasteiger charge is 2.31. The minimum Gasteiger partial charge on any atom is -0.486 e. The summed E-state index contributed by atoms with van der Waals surface area (Å²) in [5.41, 5.74) is 3.80. The normalized spacial score (nSPS) is 18.8. The summed E-state index contributed by atoms with van der Waals surface area (Å²) in [4.78, 5) is 0. The second-order valence-corrected chi connectivity index (χ2v) is 4.63. The molecule has 0 bridgehead atoms. The number of hydrogen-bond donors (Lipinski definition) is 2. The van der Waals surface area contributed by atoms with Crippen LogP contribution in [0.25, 0.3) is 0 Å². The summed E-state index contributed by atoms with van der Waals surface area (Å²) in [6.07, 6.45) is 1.57. The van der Waals surface area contributed by atoms with Crippen LogP contribution in [0.2, 0.25) is 0 Å². The van der Waals surface area contributed by atoms with Gasteiger partial charge in [-0.1, -0.05) is 12.1 Å². The number of nitrogens with zero attached hydrogens (tertiary/aromatic N) is 2. The maximum atomic E-state index is 6.00. The number of rotatable bonds is 4. The van der Waals surface area contributed by atoms with Gasteiger partial charge in [-0.25, -0.2) is 5.43 Å². The second-order valence-electron chi connectivity index (χ2n) is 4.63. The Kier molecular flexibility index (Phi) is 3.58. The summed E-state index contributed by atoms with van der Waals surface area (Å²) < 4.78 is 13.6. The first-order valence-electron chi connectivity index (χ1n) is 6.69. The molecule has 2 heterocycles. The number of fused-ring (bicyclic) bond motifs is 1. The third-order valence-corrected chi connectivity index (χ3v) is 3.45. The van der Waals surface area contributed by atoms with Crippen LogP contribution >= 0.6 is 0 Å². The lowest BCUT2D eigenvalue weighted by molar-refractivity contribution is 0.0592. The number of para-hydroxylation sites is 2. The van der Waals surface area contributed by atoms with E-state index in [1.807, 2.05) is 41.9 Å². The van der Waals surface area contributed by atoms with E-state index in [0.29, 0.717) is 6.61 Å². The Hall–Kier alpha value is -2.05. The van der Waals surface area contributed by atoms with Crippen molar-refractivity contribution in [2.45, 2.75) is 25.6 Å². The standard InChI is InChI=1S/C14H18N4O2/c1-2-18-10(7-8-16-18)14(17-15)13-9-19-11-5-3-4-6-12(11)20-13/h3-8,13-14,17H,2,9,15H2,1H3. The van der Waals surface area contributed by atoms with Crippen LogP contribution in [-0.2, 0) is 6.54 Å². The van der Waals surface area contributed by atoms with E-state index in [1.165, 1.54) is 0 Å². The Morgan fingerprint density at radius 3 is 2.95 bits per heavy atom. The van der Waals surface area contributed by atoms with Crippen molar-refractivity contribution in [2.24, 2.45) is 5.84 Å². The third kappa shape index (κ3) is 2.23. The van der Waals surface area contributed by atoms with Crippen LogP contribution in [0.4, 0.5) is 0 Å². The SMILES string of the molecule is CCn1nccc1C(NN)C1COc2ccccc2O1. The van der Waals surface area contributed by atoms with Gasteiger partial charge in [-0.3, -0.25) is 10.5 Å². The van der Waals surface area contributed by atoms with E-state index in [9.17, 15) is 0 Å². The molecular formula is C14H18N4O2. The number of aromatic nitrogens is 2. The predicted molar refractivity (Wildman–Crippen MR) is 74.3 cm³/mol. The molecule has 0 aliphatic carbocycles. The highest BCUT2D eigenvalue weighted by molar-refractivity contribution is 5.41. The monoisotopic (exact) mass is 274 g/mol. The van der Waals surface area contributed by atoms with Gasteiger partial charge in [0.15, 0.2) is 17.6 Å². The summed E-state index contributed by atoms with van der Waals surface area (Å²) in [6, 6.07) is 9.40. The molecule has 1 aromatic carbocycles. The number of nitrogens with two attached hydrogens (primary N) is 1. The molecule has 3 N–H and O–H groups in total. The van der Waals surface area contributed by atoms with Crippen molar-refractivity contribution in [3.05, 3.63) is 42.2 Å². The topological polar surface area (TPSA) is 74.3 Å². The zero-order valence-corrected chi connectivity index (χ0v) is 11.3. The molecule has 2 unspecified atom stereocenters. The van der Waals surface area contributed by atoms with Crippen LogP contribution < -0.4 is 20.7 Å². The molecule has 106 valence electrons. The third-order valence-electron chi connectivity index (χ3n) is 3.45. The van der Waals surface area contributed by atoms with Crippen molar-refractivity contribution in [1.82, 2.24) is 15.2 Å². The Morgan fingerprint density at radius 1 is 1.40 bits per heavy atom. The average molecular weight is 274 g/mol. The molecule has 0 amide bonds. The molecule has 1 aliphatic rings. The van der Waals surface area contributed by atoms with Crippen LogP contribution in [0.15, 0.2) is 36.5 Å². The first-order valence-corrected chi connectivity index (χ1v) is 6.69. The van der Waals surface area contributed by atoms with E-state index in [4.69, 9.17) is 15.3 Å². The molecule has 0 saturated heterocycles. The van der Waals surface area contributed by atoms with Crippen molar-refractivity contribution >= 4 is 0 Å². The van der Waals surface area contributed by atoms with Gasteiger partial charge in [0.05, 0.1) is 5.69 Å². The van der Waals surface area contributed by atoms with Crippen molar-refractivity contribution in [2.75, 3.05) is 6.61 Å². The summed E-state index contributed by atoms with van der Waals surface area (Å²) in [7, 11) is 0. The number of hydrazine groups is 1. The number of aryl methyl sites for hydroxylation is 1. The maximum absolute atomic E-state index is 6.00. The van der Waals surface area contributed by atoms with Crippen LogP contribution in [-0.4, -0.2) is 22.5 Å². The molecule has 3 rings (SSSR count). The van der Waals surface area contributed by atoms with E-state index in [2.05, 4.69) is 10.5 Å². The van der Waals surface area contributed by atoms with Gasteiger partial charge in [0, 0.05) is 12.7 Å². The van der Waals surface area contributed by atoms with Gasteiger partial charge < -0.3 is 9.47 Å². The van der Waals surface area contributed by atoms with Gasteiger partial charge >= 0.3 is 0 Å². The second kappa shape index (κ2) is 5.52. The van der Waals surface area contributed by atoms with Crippen LogP contribution in [0.5, 0.6) is 11.5 Å². The molecule has 1 aromatic heterocycles. The molecule has 6 heteroatoms. The summed E-state index contributed by atoms with van der Waals surface area (Å²) in [5.74, 6) is 7.22. The highest BCUT2D eigenvalue weighted by Crippen LogP contribution is 2.34. The van der Waals surface area contributed by atoms with E-state index in [0.717, 1.165) is 23.7 Å². The Bertz CT molecular complexity index is 584. The van der Waals surface area contributed by atoms with Gasteiger partial charge in [-0.2, -0.15) is 5.10 Å². The first-order chi connectivity index (χ1) is 9.83. The largest absolute Gasteiger partial charge is 0.486 e. The molecule has 2 atom stereocenters. The first kappa shape index (κ1) is 13.0. The van der Waals surface area contributed by atoms with Gasteiger partial charge in [-0.15, -0.1) is 0 Å². The van der Waals surface area contributed by atoms with Crippen LogP contribution in [0, 0.1) is 0 Å². The summed E-state index contributed by atoms with van der Waals surface area (Å²) >= 11 is 0. The number of hydrogen-bond acceptors (Lipinski definition) is 5. The van der Waals surface area contributed by atoms with E-state index >= 15 is 0 Å². The molecule has 1 aliphatic heterocycles. The predicted octanol–water partition coefficient (Wildman–Crippen LogP) is 1.25. The zero-order valence-electron chi connectivity index (χ0n) is 11.3. The van der Waals surface area contributed by atoms with Gasteiger partial charge in [0.2, 0.25) is 0 Å². The molecule has 20 heavy (non-hydrogen) atoms. The molecule has 0 spiro atoms. The lowest BCUT2D eigenvalue weighted by Gasteiger charge is -2.32. The van der Waals surface area contributed by atoms with Gasteiger partial charge in [0.1, 0.15) is 12.6 Å². The summed E-state index contributed by atoms with van der Waals surface area (Å²) in [5, 5.41) is 4.27. The van der Waals surface area contributed by atoms with Crippen molar-refractivity contribution in [3.63, 3.8) is 0 Å². The van der Waals surface area contributed by atoms with E-state index in [-0.39, 0.29) is 12.1 Å². The fourth-order valence-corrected chi connectivity index (χ4v) is 2.45. The summed E-state index contributed by atoms with van der Waals surface area (Å²) in [6.45, 7) is 3.27. The Morgan fingerprint density at radius 2 is 2.20 bits per heavy atom. The molecular weight excluding hydrogens is 256 g/mol. The fourth-order valence-electron chi connectivity index (χ4n) is 2.45. The smallest absolute Gasteiger partial charge is 0.161 e. The molecule has 0 saturated carbocycles. The number of ether oxygens (including phenoxy) is 2. The number of benzene rings is 1. The molecule has 6 nitrogen and oxygen atoms in total. The quantitative estimate of drug-likeness (QED) is 0.648. The van der Waals surface area contributed by atoms with Crippen LogP contribution in [0.3, 0.4) is 0 Å². The minimum atomic E-state index is -0.197. The zero-order chi connectivity index (χ0) is 13.9. The lowest BCUT2D eigenvalue weighted by atomic mass is 10.1. The number of nitrogens with one attached hydrogen (secondary N) is 1. The highest BCUT2D eigenvalue weighted by atomic mass is 16.6. The van der Waals surface area contributed by atoms with E-state index < -0.39 is 0 Å². The Labute approximate surface area is 117 Å². The maximum Gasteiger partial charge on any atom is 0.161 e.